The summed E-state index contributed by atoms with van der Waals surface area (Å²) in [7, 11) is 7.17. The molecule has 0 atom stereocenters. The maximum absolute atomic E-state index is 5.35. The molecule has 0 amide bonds. The van der Waals surface area contributed by atoms with Crippen LogP contribution in [0.5, 0.6) is 5.88 Å². The van der Waals surface area contributed by atoms with Gasteiger partial charge in [-0.25, -0.2) is 4.98 Å². The average molecular weight is 432 g/mol. The lowest BCUT2D eigenvalue weighted by atomic mass is 10.1. The number of aromatic nitrogens is 2. The monoisotopic (exact) mass is 431 g/mol. The van der Waals surface area contributed by atoms with Crippen molar-refractivity contribution in [2.75, 3.05) is 46.6 Å². The van der Waals surface area contributed by atoms with Crippen LogP contribution in [-0.2, 0) is 15.9 Å². The molecule has 0 aliphatic carbocycles. The minimum atomic E-state index is 0.407. The van der Waals surface area contributed by atoms with E-state index in [4.69, 9.17) is 14.2 Å². The van der Waals surface area contributed by atoms with E-state index in [9.17, 15) is 0 Å². The van der Waals surface area contributed by atoms with Crippen molar-refractivity contribution >= 4 is 21.9 Å². The summed E-state index contributed by atoms with van der Waals surface area (Å²) in [4.78, 5) is 10.9. The lowest BCUT2D eigenvalue weighted by Gasteiger charge is -2.14. The molecule has 0 saturated carbocycles. The third-order valence-electron chi connectivity index (χ3n) is 4.12. The Labute approximate surface area is 166 Å². The second-order valence-corrected chi connectivity index (χ2v) is 7.37. The van der Waals surface area contributed by atoms with E-state index < -0.39 is 0 Å². The lowest BCUT2D eigenvalue weighted by molar-refractivity contribution is -0.0315. The summed E-state index contributed by atoms with van der Waals surface area (Å²) in [6.45, 7) is 1.21. The highest BCUT2D eigenvalue weighted by Crippen LogP contribution is 2.28. The summed E-state index contributed by atoms with van der Waals surface area (Å²) in [6, 6.07) is 0. The van der Waals surface area contributed by atoms with Crippen molar-refractivity contribution in [3.63, 3.8) is 0 Å². The van der Waals surface area contributed by atoms with Crippen molar-refractivity contribution in [1.82, 2.24) is 9.97 Å². The van der Waals surface area contributed by atoms with E-state index in [0.29, 0.717) is 18.6 Å². The van der Waals surface area contributed by atoms with E-state index >= 15 is 0 Å². The summed E-state index contributed by atoms with van der Waals surface area (Å²) in [5.41, 5.74) is 1.02. The molecule has 0 bridgehead atoms. The highest BCUT2D eigenvalue weighted by Gasteiger charge is 2.13. The van der Waals surface area contributed by atoms with Crippen molar-refractivity contribution < 1.29 is 14.2 Å². The second-order valence-electron chi connectivity index (χ2n) is 6.58. The summed E-state index contributed by atoms with van der Waals surface area (Å²) < 4.78 is 16.4. The average Bonchev–Trinajstić information content (AvgIpc) is 2.63. The number of hydrogen-bond donors (Lipinski definition) is 0. The Balaban J connectivity index is 2.17. The SMILES string of the molecule is COCOCCCCCCCCCCc1nc(N(C)C)nc(OC)c1Br. The summed E-state index contributed by atoms with van der Waals surface area (Å²) in [5, 5.41) is 0. The van der Waals surface area contributed by atoms with E-state index in [1.807, 2.05) is 19.0 Å². The molecule has 150 valence electrons. The molecule has 0 saturated heterocycles. The van der Waals surface area contributed by atoms with E-state index in [2.05, 4.69) is 25.9 Å². The number of nitrogens with zero attached hydrogens (tertiary/aromatic N) is 3. The van der Waals surface area contributed by atoms with Gasteiger partial charge in [0.15, 0.2) is 0 Å². The van der Waals surface area contributed by atoms with Gasteiger partial charge in [0.2, 0.25) is 11.8 Å². The van der Waals surface area contributed by atoms with Gasteiger partial charge in [-0.15, -0.1) is 0 Å². The molecule has 1 heterocycles. The van der Waals surface area contributed by atoms with E-state index in [1.165, 1.54) is 38.5 Å². The molecule has 26 heavy (non-hydrogen) atoms. The molecule has 0 fully saturated rings. The number of rotatable bonds is 15. The number of anilines is 1. The third kappa shape index (κ3) is 9.14. The summed E-state index contributed by atoms with van der Waals surface area (Å²) >= 11 is 3.57. The van der Waals surface area contributed by atoms with Crippen molar-refractivity contribution in [1.29, 1.82) is 0 Å². The predicted molar refractivity (Wildman–Crippen MR) is 109 cm³/mol. The van der Waals surface area contributed by atoms with Crippen LogP contribution >= 0.6 is 15.9 Å². The largest absolute Gasteiger partial charge is 0.480 e. The molecule has 0 unspecified atom stereocenters. The number of unbranched alkanes of at least 4 members (excludes halogenated alkanes) is 7. The first-order valence-corrected chi connectivity index (χ1v) is 10.2. The van der Waals surface area contributed by atoms with Gasteiger partial charge in [0.25, 0.3) is 0 Å². The Kier molecular flexibility index (Phi) is 12.6. The van der Waals surface area contributed by atoms with Gasteiger partial charge in [-0.2, -0.15) is 4.98 Å². The molecular weight excluding hydrogens is 398 g/mol. The zero-order valence-corrected chi connectivity index (χ0v) is 18.3. The van der Waals surface area contributed by atoms with Crippen LogP contribution in [-0.4, -0.2) is 51.7 Å². The first-order valence-electron chi connectivity index (χ1n) is 9.44. The minimum absolute atomic E-state index is 0.407. The molecule has 6 nitrogen and oxygen atoms in total. The highest BCUT2D eigenvalue weighted by atomic mass is 79.9. The molecule has 0 aliphatic rings. The maximum atomic E-state index is 5.35. The van der Waals surface area contributed by atoms with Gasteiger partial charge in [0, 0.05) is 27.8 Å². The van der Waals surface area contributed by atoms with Crippen molar-refractivity contribution in [3.8, 4) is 5.88 Å². The molecule has 1 rings (SSSR count). The fourth-order valence-corrected chi connectivity index (χ4v) is 3.20. The summed E-state index contributed by atoms with van der Waals surface area (Å²) in [6.07, 6.45) is 10.8. The quantitative estimate of drug-likeness (QED) is 0.298. The molecule has 0 radical (unpaired) electrons. The second kappa shape index (κ2) is 14.2. The van der Waals surface area contributed by atoms with Crippen LogP contribution < -0.4 is 9.64 Å². The molecular formula is C19H34BrN3O3. The normalized spacial score (nSPS) is 11.0. The van der Waals surface area contributed by atoms with Gasteiger partial charge >= 0.3 is 0 Å². The standard InChI is InChI=1S/C19H34BrN3O3/c1-23(2)19-21-16(17(20)18(22-19)25-4)13-11-9-7-5-6-8-10-12-14-26-15-24-3/h5-15H2,1-4H3. The topological polar surface area (TPSA) is 56.7 Å². The zero-order chi connectivity index (χ0) is 19.2. The Morgan fingerprint density at radius 2 is 1.50 bits per heavy atom. The Morgan fingerprint density at radius 1 is 0.885 bits per heavy atom. The number of halogens is 1. The molecule has 1 aromatic rings. The van der Waals surface area contributed by atoms with Crippen LogP contribution in [0.1, 0.15) is 57.1 Å². The van der Waals surface area contributed by atoms with Gasteiger partial charge in [-0.3, -0.25) is 0 Å². The number of aryl methyl sites for hydroxylation is 1. The van der Waals surface area contributed by atoms with Crippen molar-refractivity contribution in [2.24, 2.45) is 0 Å². The lowest BCUT2D eigenvalue weighted by Crippen LogP contribution is -2.14. The van der Waals surface area contributed by atoms with E-state index in [0.717, 1.165) is 36.0 Å². The minimum Gasteiger partial charge on any atom is -0.480 e. The van der Waals surface area contributed by atoms with Gasteiger partial charge in [0.05, 0.1) is 12.8 Å². The maximum Gasteiger partial charge on any atom is 0.232 e. The number of ether oxygens (including phenoxy) is 3. The molecule has 1 aromatic heterocycles. The number of methoxy groups -OCH3 is 2. The fourth-order valence-electron chi connectivity index (χ4n) is 2.66. The third-order valence-corrected chi connectivity index (χ3v) is 4.92. The molecule has 0 aliphatic heterocycles. The fraction of sp³-hybridized carbons (Fsp3) is 0.789. The van der Waals surface area contributed by atoms with Crippen LogP contribution in [0.25, 0.3) is 0 Å². The van der Waals surface area contributed by atoms with Gasteiger partial charge < -0.3 is 19.1 Å². The van der Waals surface area contributed by atoms with Crippen LogP contribution in [0.3, 0.4) is 0 Å². The molecule has 7 heteroatoms. The highest BCUT2D eigenvalue weighted by molar-refractivity contribution is 9.10. The first kappa shape index (κ1) is 23.1. The smallest absolute Gasteiger partial charge is 0.232 e. The van der Waals surface area contributed by atoms with Crippen molar-refractivity contribution in [2.45, 2.75) is 57.8 Å². The molecule has 0 spiro atoms. The number of hydrogen-bond acceptors (Lipinski definition) is 6. The van der Waals surface area contributed by atoms with Crippen LogP contribution in [0, 0.1) is 0 Å². The predicted octanol–water partition coefficient (Wildman–Crippen LogP) is 4.60. The van der Waals surface area contributed by atoms with Crippen LogP contribution in [0.15, 0.2) is 4.47 Å². The Morgan fingerprint density at radius 3 is 2.08 bits per heavy atom. The molecule has 0 aromatic carbocycles. The zero-order valence-electron chi connectivity index (χ0n) is 16.7. The van der Waals surface area contributed by atoms with Gasteiger partial charge in [-0.05, 0) is 35.2 Å². The Bertz CT molecular complexity index is 501. The Hall–Kier alpha value is -0.920. The van der Waals surface area contributed by atoms with Crippen LogP contribution in [0.2, 0.25) is 0 Å². The van der Waals surface area contributed by atoms with Gasteiger partial charge in [-0.1, -0.05) is 38.5 Å². The van der Waals surface area contributed by atoms with Crippen molar-refractivity contribution in [3.05, 3.63) is 10.2 Å². The molecule has 0 N–H and O–H groups in total. The van der Waals surface area contributed by atoms with Gasteiger partial charge in [0.1, 0.15) is 11.3 Å². The first-order chi connectivity index (χ1) is 12.6. The van der Waals surface area contributed by atoms with Crippen LogP contribution in [0.4, 0.5) is 5.95 Å². The van der Waals surface area contributed by atoms with E-state index in [1.54, 1.807) is 14.2 Å². The summed E-state index contributed by atoms with van der Waals surface area (Å²) in [5.74, 6) is 1.29. The van der Waals surface area contributed by atoms with E-state index in [-0.39, 0.29) is 0 Å².